The largest absolute Gasteiger partial charge is 0.454 e. The van der Waals surface area contributed by atoms with Crippen LogP contribution in [0.5, 0.6) is 11.5 Å². The van der Waals surface area contributed by atoms with E-state index in [1.54, 1.807) is 0 Å². The van der Waals surface area contributed by atoms with Crippen LogP contribution >= 0.6 is 0 Å². The molecule has 1 aliphatic carbocycles. The second kappa shape index (κ2) is 3.39. The van der Waals surface area contributed by atoms with Crippen LogP contribution in [0.15, 0.2) is 12.1 Å². The molecule has 3 rings (SSSR count). The predicted octanol–water partition coefficient (Wildman–Crippen LogP) is 2.15. The summed E-state index contributed by atoms with van der Waals surface area (Å²) in [6.07, 6.45) is 4.47. The summed E-state index contributed by atoms with van der Waals surface area (Å²) in [7, 11) is 0. The van der Waals surface area contributed by atoms with Gasteiger partial charge in [0.05, 0.1) is 0 Å². The van der Waals surface area contributed by atoms with E-state index in [9.17, 15) is 0 Å². The van der Waals surface area contributed by atoms with E-state index in [2.05, 4.69) is 19.1 Å². The smallest absolute Gasteiger partial charge is 0.231 e. The first kappa shape index (κ1) is 9.97. The molecule has 0 amide bonds. The van der Waals surface area contributed by atoms with Crippen molar-refractivity contribution < 1.29 is 9.47 Å². The fourth-order valence-electron chi connectivity index (χ4n) is 2.15. The van der Waals surface area contributed by atoms with Crippen molar-refractivity contribution in [2.75, 3.05) is 6.79 Å². The highest BCUT2D eigenvalue weighted by molar-refractivity contribution is 5.48. The number of benzene rings is 1. The molecule has 86 valence electrons. The fraction of sp³-hybridized carbons (Fsp3) is 0.538. The molecule has 0 aromatic heterocycles. The number of hydrogen-bond donors (Lipinski definition) is 1. The van der Waals surface area contributed by atoms with Crippen LogP contribution in [0.2, 0.25) is 0 Å². The number of hydrogen-bond acceptors (Lipinski definition) is 3. The lowest BCUT2D eigenvalue weighted by Crippen LogP contribution is -2.22. The molecule has 2 aliphatic rings. The highest BCUT2D eigenvalue weighted by Crippen LogP contribution is 2.39. The second-order valence-corrected chi connectivity index (χ2v) is 4.99. The van der Waals surface area contributed by atoms with Crippen molar-refractivity contribution in [3.8, 4) is 11.5 Å². The molecule has 1 aliphatic heterocycles. The van der Waals surface area contributed by atoms with E-state index in [1.807, 2.05) is 0 Å². The van der Waals surface area contributed by atoms with E-state index in [1.165, 1.54) is 24.0 Å². The maximum absolute atomic E-state index is 6.10. The summed E-state index contributed by atoms with van der Waals surface area (Å²) in [4.78, 5) is 0. The summed E-state index contributed by atoms with van der Waals surface area (Å²) >= 11 is 0. The molecular weight excluding hydrogens is 202 g/mol. The zero-order chi connectivity index (χ0) is 11.2. The molecule has 1 aromatic carbocycles. The molecule has 3 nitrogen and oxygen atoms in total. The highest BCUT2D eigenvalue weighted by Gasteiger charge is 2.37. The molecule has 1 heterocycles. The van der Waals surface area contributed by atoms with Gasteiger partial charge in [0.1, 0.15) is 0 Å². The highest BCUT2D eigenvalue weighted by atomic mass is 16.7. The van der Waals surface area contributed by atoms with E-state index in [0.717, 1.165) is 24.3 Å². The number of nitrogens with two attached hydrogens (primary N) is 1. The normalized spacial score (nSPS) is 19.9. The Bertz CT molecular complexity index is 424. The number of ether oxygens (including phenoxy) is 2. The SMILES string of the molecule is Cc1cc2c(cc1CCC1(N)CC1)OCO2. The minimum atomic E-state index is 0.128. The van der Waals surface area contributed by atoms with Gasteiger partial charge in [-0.25, -0.2) is 0 Å². The summed E-state index contributed by atoms with van der Waals surface area (Å²) in [5.41, 5.74) is 8.84. The Balaban J connectivity index is 1.78. The molecule has 0 radical (unpaired) electrons. The van der Waals surface area contributed by atoms with Gasteiger partial charge in [-0.1, -0.05) is 0 Å². The quantitative estimate of drug-likeness (QED) is 0.847. The summed E-state index contributed by atoms with van der Waals surface area (Å²) in [6.45, 7) is 2.46. The molecule has 0 atom stereocenters. The van der Waals surface area contributed by atoms with Gasteiger partial charge in [-0.15, -0.1) is 0 Å². The summed E-state index contributed by atoms with van der Waals surface area (Å²) in [6, 6.07) is 4.16. The molecule has 2 N–H and O–H groups in total. The number of fused-ring (bicyclic) bond motifs is 1. The van der Waals surface area contributed by atoms with Crippen molar-refractivity contribution >= 4 is 0 Å². The summed E-state index contributed by atoms with van der Waals surface area (Å²) < 4.78 is 10.7. The Morgan fingerprint density at radius 1 is 1.25 bits per heavy atom. The van der Waals surface area contributed by atoms with Crippen molar-refractivity contribution in [3.63, 3.8) is 0 Å². The molecular formula is C13H17NO2. The zero-order valence-corrected chi connectivity index (χ0v) is 9.58. The van der Waals surface area contributed by atoms with Gasteiger partial charge in [-0.2, -0.15) is 0 Å². The van der Waals surface area contributed by atoms with Crippen LogP contribution in [-0.4, -0.2) is 12.3 Å². The summed E-state index contributed by atoms with van der Waals surface area (Å²) in [5.74, 6) is 1.75. The Kier molecular flexibility index (Phi) is 2.11. The molecule has 0 spiro atoms. The Hall–Kier alpha value is -1.22. The molecule has 16 heavy (non-hydrogen) atoms. The minimum Gasteiger partial charge on any atom is -0.454 e. The molecule has 1 saturated carbocycles. The molecule has 1 aromatic rings. The van der Waals surface area contributed by atoms with Gasteiger partial charge in [0.15, 0.2) is 11.5 Å². The Morgan fingerprint density at radius 3 is 2.62 bits per heavy atom. The molecule has 1 fully saturated rings. The third kappa shape index (κ3) is 1.76. The van der Waals surface area contributed by atoms with Crippen LogP contribution < -0.4 is 15.2 Å². The van der Waals surface area contributed by atoms with Crippen molar-refractivity contribution in [1.29, 1.82) is 0 Å². The first-order chi connectivity index (χ1) is 7.66. The molecule has 0 bridgehead atoms. The van der Waals surface area contributed by atoms with Gasteiger partial charge in [0.25, 0.3) is 0 Å². The second-order valence-electron chi connectivity index (χ2n) is 4.99. The van der Waals surface area contributed by atoms with Crippen molar-refractivity contribution in [3.05, 3.63) is 23.3 Å². The van der Waals surface area contributed by atoms with Gasteiger partial charge in [0.2, 0.25) is 6.79 Å². The lowest BCUT2D eigenvalue weighted by atomic mass is 9.99. The van der Waals surface area contributed by atoms with Crippen molar-refractivity contribution in [2.24, 2.45) is 5.73 Å². The number of aryl methyl sites for hydroxylation is 2. The molecule has 0 unspecified atom stereocenters. The molecule has 0 saturated heterocycles. The van der Waals surface area contributed by atoms with Gasteiger partial charge in [-0.3, -0.25) is 0 Å². The first-order valence-electron chi connectivity index (χ1n) is 5.84. The van der Waals surface area contributed by atoms with E-state index in [-0.39, 0.29) is 5.54 Å². The minimum absolute atomic E-state index is 0.128. The third-order valence-corrected chi connectivity index (χ3v) is 3.62. The maximum atomic E-state index is 6.10. The van der Waals surface area contributed by atoms with Crippen LogP contribution in [-0.2, 0) is 6.42 Å². The van der Waals surface area contributed by atoms with Crippen LogP contribution in [0.25, 0.3) is 0 Å². The van der Waals surface area contributed by atoms with Gasteiger partial charge in [-0.05, 0) is 55.9 Å². The lowest BCUT2D eigenvalue weighted by molar-refractivity contribution is 0.174. The Morgan fingerprint density at radius 2 is 1.94 bits per heavy atom. The lowest BCUT2D eigenvalue weighted by Gasteiger charge is -2.11. The van der Waals surface area contributed by atoms with Gasteiger partial charge < -0.3 is 15.2 Å². The van der Waals surface area contributed by atoms with E-state index in [0.29, 0.717) is 6.79 Å². The topological polar surface area (TPSA) is 44.5 Å². The van der Waals surface area contributed by atoms with Crippen molar-refractivity contribution in [1.82, 2.24) is 0 Å². The van der Waals surface area contributed by atoms with Crippen molar-refractivity contribution in [2.45, 2.75) is 38.1 Å². The average Bonchev–Trinajstić information content (AvgIpc) is 2.82. The van der Waals surface area contributed by atoms with Crippen LogP contribution in [0, 0.1) is 6.92 Å². The van der Waals surface area contributed by atoms with Crippen LogP contribution in [0.3, 0.4) is 0 Å². The van der Waals surface area contributed by atoms with Gasteiger partial charge in [0, 0.05) is 5.54 Å². The fourth-order valence-corrected chi connectivity index (χ4v) is 2.15. The molecule has 3 heteroatoms. The van der Waals surface area contributed by atoms with E-state index >= 15 is 0 Å². The third-order valence-electron chi connectivity index (χ3n) is 3.62. The van der Waals surface area contributed by atoms with E-state index < -0.39 is 0 Å². The van der Waals surface area contributed by atoms with E-state index in [4.69, 9.17) is 15.2 Å². The van der Waals surface area contributed by atoms with Crippen LogP contribution in [0.4, 0.5) is 0 Å². The standard InChI is InChI=1S/C13H17NO2/c1-9-6-11-12(16-8-15-11)7-10(9)2-3-13(14)4-5-13/h6-7H,2-5,8,14H2,1H3. The van der Waals surface area contributed by atoms with Crippen LogP contribution in [0.1, 0.15) is 30.4 Å². The monoisotopic (exact) mass is 219 g/mol. The predicted molar refractivity (Wildman–Crippen MR) is 61.8 cm³/mol. The summed E-state index contributed by atoms with van der Waals surface area (Å²) in [5, 5.41) is 0. The first-order valence-corrected chi connectivity index (χ1v) is 5.84. The average molecular weight is 219 g/mol. The van der Waals surface area contributed by atoms with Gasteiger partial charge >= 0.3 is 0 Å². The zero-order valence-electron chi connectivity index (χ0n) is 9.58. The maximum Gasteiger partial charge on any atom is 0.231 e. The number of rotatable bonds is 3. The Labute approximate surface area is 95.5 Å².